The van der Waals surface area contributed by atoms with Crippen molar-refractivity contribution in [2.45, 2.75) is 65.3 Å². The van der Waals surface area contributed by atoms with Crippen LogP contribution < -0.4 is 5.32 Å². The third-order valence-corrected chi connectivity index (χ3v) is 3.79. The van der Waals surface area contributed by atoms with Crippen LogP contribution >= 0.6 is 0 Å². The van der Waals surface area contributed by atoms with E-state index in [1.807, 2.05) is 0 Å². The lowest BCUT2D eigenvalue weighted by molar-refractivity contribution is -0.131. The molecule has 1 aliphatic rings. The molecule has 0 bridgehead atoms. The van der Waals surface area contributed by atoms with Gasteiger partial charge in [0.05, 0.1) is 0 Å². The maximum Gasteiger partial charge on any atom is 0.223 e. The summed E-state index contributed by atoms with van der Waals surface area (Å²) in [5.74, 6) is 1.18. The van der Waals surface area contributed by atoms with E-state index >= 15 is 0 Å². The lowest BCUT2D eigenvalue weighted by Crippen LogP contribution is -2.35. The zero-order valence-electron chi connectivity index (χ0n) is 12.4. The van der Waals surface area contributed by atoms with Gasteiger partial charge in [0.25, 0.3) is 0 Å². The van der Waals surface area contributed by atoms with Gasteiger partial charge >= 0.3 is 0 Å². The molecule has 1 aliphatic heterocycles. The number of hydrogen-bond donors (Lipinski definition) is 1. The van der Waals surface area contributed by atoms with Gasteiger partial charge in [-0.3, -0.25) is 4.79 Å². The predicted octanol–water partition coefficient (Wildman–Crippen LogP) is 2.80. The molecule has 1 rings (SSSR count). The first kappa shape index (κ1) is 15.5. The van der Waals surface area contributed by atoms with Gasteiger partial charge in [0, 0.05) is 32.1 Å². The van der Waals surface area contributed by atoms with Crippen LogP contribution in [0.15, 0.2) is 0 Å². The molecule has 1 unspecified atom stereocenters. The van der Waals surface area contributed by atoms with Gasteiger partial charge in [0.1, 0.15) is 0 Å². The Hall–Kier alpha value is -0.570. The van der Waals surface area contributed by atoms with Gasteiger partial charge in [-0.2, -0.15) is 0 Å². The molecule has 0 aromatic carbocycles. The second-order valence-corrected chi connectivity index (χ2v) is 5.83. The van der Waals surface area contributed by atoms with E-state index in [1.54, 1.807) is 0 Å². The number of rotatable bonds is 6. The van der Waals surface area contributed by atoms with Crippen LogP contribution in [0.25, 0.3) is 0 Å². The Bertz CT molecular complexity index is 241. The van der Waals surface area contributed by atoms with Gasteiger partial charge in [0.2, 0.25) is 5.91 Å². The zero-order chi connectivity index (χ0) is 13.4. The highest BCUT2D eigenvalue weighted by atomic mass is 16.2. The van der Waals surface area contributed by atoms with Crippen LogP contribution in [-0.4, -0.2) is 36.5 Å². The van der Waals surface area contributed by atoms with E-state index < -0.39 is 0 Å². The van der Waals surface area contributed by atoms with Crippen molar-refractivity contribution in [3.63, 3.8) is 0 Å². The Morgan fingerprint density at radius 3 is 2.78 bits per heavy atom. The van der Waals surface area contributed by atoms with Crippen LogP contribution in [-0.2, 0) is 4.79 Å². The van der Waals surface area contributed by atoms with E-state index in [0.717, 1.165) is 25.6 Å². The molecule has 1 heterocycles. The molecule has 0 aliphatic carbocycles. The first-order valence-electron chi connectivity index (χ1n) is 7.64. The molecule has 0 aromatic rings. The lowest BCUT2D eigenvalue weighted by Gasteiger charge is -2.21. The van der Waals surface area contributed by atoms with Gasteiger partial charge in [-0.15, -0.1) is 0 Å². The Kier molecular flexibility index (Phi) is 7.33. The number of carbonyl (C=O) groups is 1. The molecular formula is C15H30N2O. The third kappa shape index (κ3) is 5.85. The summed E-state index contributed by atoms with van der Waals surface area (Å²) in [5.41, 5.74) is 0. The zero-order valence-corrected chi connectivity index (χ0v) is 12.4. The number of nitrogens with zero attached hydrogens (tertiary/aromatic N) is 1. The number of nitrogens with one attached hydrogen (secondary N) is 1. The summed E-state index contributed by atoms with van der Waals surface area (Å²) in [6.45, 7) is 9.25. The van der Waals surface area contributed by atoms with Crippen molar-refractivity contribution in [2.75, 3.05) is 19.6 Å². The molecule has 3 heteroatoms. The van der Waals surface area contributed by atoms with E-state index in [4.69, 9.17) is 0 Å². The first-order valence-corrected chi connectivity index (χ1v) is 7.64. The Labute approximate surface area is 112 Å². The fraction of sp³-hybridized carbons (Fsp3) is 0.933. The average Bonchev–Trinajstić information content (AvgIpc) is 2.54. The quantitative estimate of drug-likeness (QED) is 0.790. The average molecular weight is 254 g/mol. The number of amides is 1. The minimum atomic E-state index is 0.334. The molecule has 0 aromatic heterocycles. The van der Waals surface area contributed by atoms with E-state index in [2.05, 4.69) is 31.0 Å². The van der Waals surface area contributed by atoms with Gasteiger partial charge in [0.15, 0.2) is 0 Å². The summed E-state index contributed by atoms with van der Waals surface area (Å²) in [5, 5.41) is 3.31. The van der Waals surface area contributed by atoms with E-state index in [9.17, 15) is 4.79 Å². The van der Waals surface area contributed by atoms with Crippen molar-refractivity contribution in [1.82, 2.24) is 10.2 Å². The molecule has 1 atom stereocenters. The van der Waals surface area contributed by atoms with Crippen molar-refractivity contribution in [3.05, 3.63) is 0 Å². The maximum absolute atomic E-state index is 12.1. The minimum absolute atomic E-state index is 0.334. The van der Waals surface area contributed by atoms with Crippen LogP contribution in [0.1, 0.15) is 59.3 Å². The van der Waals surface area contributed by atoms with E-state index in [-0.39, 0.29) is 0 Å². The lowest BCUT2D eigenvalue weighted by atomic mass is 9.96. The fourth-order valence-electron chi connectivity index (χ4n) is 2.74. The van der Waals surface area contributed by atoms with Crippen LogP contribution in [0.3, 0.4) is 0 Å². The van der Waals surface area contributed by atoms with Crippen LogP contribution in [0, 0.1) is 5.92 Å². The highest BCUT2D eigenvalue weighted by Crippen LogP contribution is 2.22. The SMILES string of the molecule is CCCC1CCCN(C(=O)CCNC(C)C)CC1. The Balaban J connectivity index is 2.26. The van der Waals surface area contributed by atoms with Crippen molar-refractivity contribution in [2.24, 2.45) is 5.92 Å². The summed E-state index contributed by atoms with van der Waals surface area (Å²) in [7, 11) is 0. The Morgan fingerprint density at radius 2 is 2.11 bits per heavy atom. The summed E-state index contributed by atoms with van der Waals surface area (Å²) in [6, 6.07) is 0.468. The normalized spacial score (nSPS) is 21.1. The summed E-state index contributed by atoms with van der Waals surface area (Å²) in [6.07, 6.45) is 6.96. The highest BCUT2D eigenvalue weighted by Gasteiger charge is 2.19. The molecule has 1 amide bonds. The second kappa shape index (κ2) is 8.52. The summed E-state index contributed by atoms with van der Waals surface area (Å²) >= 11 is 0. The second-order valence-electron chi connectivity index (χ2n) is 5.83. The Morgan fingerprint density at radius 1 is 1.33 bits per heavy atom. The molecular weight excluding hydrogens is 224 g/mol. The predicted molar refractivity (Wildman–Crippen MR) is 76.6 cm³/mol. The van der Waals surface area contributed by atoms with Crippen LogP contribution in [0.5, 0.6) is 0 Å². The van der Waals surface area contributed by atoms with Crippen LogP contribution in [0.4, 0.5) is 0 Å². The molecule has 1 saturated heterocycles. The molecule has 18 heavy (non-hydrogen) atoms. The maximum atomic E-state index is 12.1. The standard InChI is InChI=1S/C15H30N2O/c1-4-6-14-7-5-11-17(12-9-14)15(18)8-10-16-13(2)3/h13-14,16H,4-12H2,1-3H3. The number of hydrogen-bond acceptors (Lipinski definition) is 2. The molecule has 0 spiro atoms. The fourth-order valence-corrected chi connectivity index (χ4v) is 2.74. The van der Waals surface area contributed by atoms with Crippen molar-refractivity contribution >= 4 is 5.91 Å². The molecule has 0 saturated carbocycles. The molecule has 1 fully saturated rings. The molecule has 1 N–H and O–H groups in total. The topological polar surface area (TPSA) is 32.3 Å². The minimum Gasteiger partial charge on any atom is -0.343 e. The van der Waals surface area contributed by atoms with E-state index in [0.29, 0.717) is 18.4 Å². The van der Waals surface area contributed by atoms with Crippen LogP contribution in [0.2, 0.25) is 0 Å². The van der Waals surface area contributed by atoms with Gasteiger partial charge < -0.3 is 10.2 Å². The first-order chi connectivity index (χ1) is 8.63. The molecule has 0 radical (unpaired) electrons. The largest absolute Gasteiger partial charge is 0.343 e. The third-order valence-electron chi connectivity index (χ3n) is 3.79. The van der Waals surface area contributed by atoms with Crippen molar-refractivity contribution < 1.29 is 4.79 Å². The molecule has 3 nitrogen and oxygen atoms in total. The van der Waals surface area contributed by atoms with E-state index in [1.165, 1.54) is 32.1 Å². The number of carbonyl (C=O) groups excluding carboxylic acids is 1. The van der Waals surface area contributed by atoms with Gasteiger partial charge in [-0.1, -0.05) is 33.6 Å². The highest BCUT2D eigenvalue weighted by molar-refractivity contribution is 5.76. The smallest absolute Gasteiger partial charge is 0.223 e. The summed E-state index contributed by atoms with van der Waals surface area (Å²) < 4.78 is 0. The van der Waals surface area contributed by atoms with Crippen molar-refractivity contribution in [1.29, 1.82) is 0 Å². The van der Waals surface area contributed by atoms with Gasteiger partial charge in [-0.05, 0) is 25.2 Å². The summed E-state index contributed by atoms with van der Waals surface area (Å²) in [4.78, 5) is 14.2. The van der Waals surface area contributed by atoms with Gasteiger partial charge in [-0.25, -0.2) is 0 Å². The van der Waals surface area contributed by atoms with Crippen molar-refractivity contribution in [3.8, 4) is 0 Å². The monoisotopic (exact) mass is 254 g/mol. The number of likely N-dealkylation sites (tertiary alicyclic amines) is 1. The molecule has 106 valence electrons.